The molecule has 2 atom stereocenters. The number of nitrogens with one attached hydrogen (secondary N) is 1. The molecular weight excluding hydrogens is 241 g/mol. The highest BCUT2D eigenvalue weighted by atomic mass is 19.4. The molecule has 18 heavy (non-hydrogen) atoms. The Morgan fingerprint density at radius 2 is 1.94 bits per heavy atom. The van der Waals surface area contributed by atoms with Gasteiger partial charge in [-0.05, 0) is 12.5 Å². The average Bonchev–Trinajstić information content (AvgIpc) is 2.31. The molecule has 1 aromatic carbocycles. The highest BCUT2D eigenvalue weighted by Gasteiger charge is 2.35. The molecular formula is C13H17F3N2. The number of hydrogen-bond donors (Lipinski definition) is 1. The predicted octanol–water partition coefficient (Wildman–Crippen LogP) is 2.58. The van der Waals surface area contributed by atoms with E-state index in [1.165, 1.54) is 4.90 Å². The summed E-state index contributed by atoms with van der Waals surface area (Å²) < 4.78 is 37.4. The summed E-state index contributed by atoms with van der Waals surface area (Å²) >= 11 is 0. The first kappa shape index (κ1) is 13.4. The van der Waals surface area contributed by atoms with E-state index < -0.39 is 12.7 Å². The average molecular weight is 258 g/mol. The Labute approximate surface area is 105 Å². The van der Waals surface area contributed by atoms with Gasteiger partial charge in [-0.25, -0.2) is 0 Å². The summed E-state index contributed by atoms with van der Waals surface area (Å²) in [6, 6.07) is 9.49. The zero-order chi connectivity index (χ0) is 13.2. The first-order valence-corrected chi connectivity index (χ1v) is 6.05. The first-order valence-electron chi connectivity index (χ1n) is 6.05. The summed E-state index contributed by atoms with van der Waals surface area (Å²) in [4.78, 5) is 1.49. The minimum absolute atomic E-state index is 0.0234. The van der Waals surface area contributed by atoms with Crippen molar-refractivity contribution in [2.24, 2.45) is 0 Å². The zero-order valence-corrected chi connectivity index (χ0v) is 10.2. The molecule has 0 saturated carbocycles. The van der Waals surface area contributed by atoms with Gasteiger partial charge in [0.05, 0.1) is 6.54 Å². The van der Waals surface area contributed by atoms with Crippen LogP contribution in [0, 0.1) is 0 Å². The number of benzene rings is 1. The zero-order valence-electron chi connectivity index (χ0n) is 10.2. The van der Waals surface area contributed by atoms with Crippen molar-refractivity contribution in [3.05, 3.63) is 35.9 Å². The molecule has 2 unspecified atom stereocenters. The van der Waals surface area contributed by atoms with E-state index in [1.54, 1.807) is 0 Å². The second-order valence-corrected chi connectivity index (χ2v) is 4.77. The molecule has 1 heterocycles. The number of hydrogen-bond acceptors (Lipinski definition) is 2. The largest absolute Gasteiger partial charge is 0.401 e. The third-order valence-corrected chi connectivity index (χ3v) is 3.28. The van der Waals surface area contributed by atoms with E-state index >= 15 is 0 Å². The van der Waals surface area contributed by atoms with Crippen molar-refractivity contribution in [2.45, 2.75) is 25.2 Å². The van der Waals surface area contributed by atoms with Crippen molar-refractivity contribution in [2.75, 3.05) is 19.6 Å². The third kappa shape index (κ3) is 3.46. The Kier molecular flexibility index (Phi) is 3.92. The molecule has 1 aliphatic heterocycles. The van der Waals surface area contributed by atoms with Gasteiger partial charge in [0.1, 0.15) is 0 Å². The monoisotopic (exact) mass is 258 g/mol. The molecule has 1 saturated heterocycles. The topological polar surface area (TPSA) is 15.3 Å². The van der Waals surface area contributed by atoms with Crippen LogP contribution in [0.15, 0.2) is 30.3 Å². The summed E-state index contributed by atoms with van der Waals surface area (Å²) in [5.41, 5.74) is 1.04. The van der Waals surface area contributed by atoms with Gasteiger partial charge < -0.3 is 5.32 Å². The van der Waals surface area contributed by atoms with Gasteiger partial charge in [-0.3, -0.25) is 4.90 Å². The van der Waals surface area contributed by atoms with Crippen LogP contribution < -0.4 is 5.32 Å². The van der Waals surface area contributed by atoms with Crippen LogP contribution in [0.5, 0.6) is 0 Å². The first-order chi connectivity index (χ1) is 8.46. The maximum Gasteiger partial charge on any atom is 0.401 e. The van der Waals surface area contributed by atoms with Gasteiger partial charge in [-0.15, -0.1) is 0 Å². The van der Waals surface area contributed by atoms with E-state index in [0.29, 0.717) is 13.1 Å². The minimum Gasteiger partial charge on any atom is -0.307 e. The summed E-state index contributed by atoms with van der Waals surface area (Å²) in [5, 5.41) is 3.29. The molecule has 2 rings (SSSR count). The summed E-state index contributed by atoms with van der Waals surface area (Å²) in [5.74, 6) is 0. The number of alkyl halides is 3. The molecule has 1 aromatic rings. The Bertz CT molecular complexity index is 378. The van der Waals surface area contributed by atoms with E-state index in [9.17, 15) is 13.2 Å². The van der Waals surface area contributed by atoms with Crippen LogP contribution in [-0.2, 0) is 0 Å². The lowest BCUT2D eigenvalue weighted by Gasteiger charge is -2.39. The Morgan fingerprint density at radius 1 is 1.28 bits per heavy atom. The summed E-state index contributed by atoms with van der Waals surface area (Å²) in [6.45, 7) is 1.96. The van der Waals surface area contributed by atoms with Gasteiger partial charge >= 0.3 is 6.18 Å². The van der Waals surface area contributed by atoms with Crippen molar-refractivity contribution in [3.8, 4) is 0 Å². The fourth-order valence-electron chi connectivity index (χ4n) is 2.28. The highest BCUT2D eigenvalue weighted by molar-refractivity contribution is 5.20. The van der Waals surface area contributed by atoms with E-state index in [0.717, 1.165) is 5.56 Å². The van der Waals surface area contributed by atoms with Gasteiger partial charge in [-0.1, -0.05) is 30.3 Å². The van der Waals surface area contributed by atoms with Crippen molar-refractivity contribution < 1.29 is 13.2 Å². The van der Waals surface area contributed by atoms with Gasteiger partial charge in [0.2, 0.25) is 0 Å². The SMILES string of the molecule is CC1CNC(c2ccccc2)CN1CC(F)(F)F. The van der Waals surface area contributed by atoms with Crippen LogP contribution >= 0.6 is 0 Å². The summed E-state index contributed by atoms with van der Waals surface area (Å²) in [6.07, 6.45) is -4.13. The molecule has 1 fully saturated rings. The van der Waals surface area contributed by atoms with Crippen molar-refractivity contribution in [3.63, 3.8) is 0 Å². The van der Waals surface area contributed by atoms with Crippen LogP contribution in [0.3, 0.4) is 0 Å². The number of nitrogens with zero attached hydrogens (tertiary/aromatic N) is 1. The van der Waals surface area contributed by atoms with E-state index in [1.807, 2.05) is 37.3 Å². The lowest BCUT2D eigenvalue weighted by atomic mass is 10.0. The second-order valence-electron chi connectivity index (χ2n) is 4.77. The van der Waals surface area contributed by atoms with Gasteiger partial charge in [0, 0.05) is 25.2 Å². The maximum absolute atomic E-state index is 12.5. The van der Waals surface area contributed by atoms with E-state index in [2.05, 4.69) is 5.32 Å². The molecule has 0 aromatic heterocycles. The second kappa shape index (κ2) is 5.28. The van der Waals surface area contributed by atoms with Gasteiger partial charge in [0.15, 0.2) is 0 Å². The molecule has 1 N–H and O–H groups in total. The lowest BCUT2D eigenvalue weighted by Crippen LogP contribution is -2.53. The van der Waals surface area contributed by atoms with Crippen molar-refractivity contribution >= 4 is 0 Å². The standard InChI is InChI=1S/C13H17F3N2/c1-10-7-17-12(11-5-3-2-4-6-11)8-18(10)9-13(14,15)16/h2-6,10,12,17H,7-9H2,1H3. The predicted molar refractivity (Wildman–Crippen MR) is 64.3 cm³/mol. The van der Waals surface area contributed by atoms with Crippen LogP contribution in [0.25, 0.3) is 0 Å². The fourth-order valence-corrected chi connectivity index (χ4v) is 2.28. The van der Waals surface area contributed by atoms with Crippen LogP contribution in [0.1, 0.15) is 18.5 Å². The highest BCUT2D eigenvalue weighted by Crippen LogP contribution is 2.24. The van der Waals surface area contributed by atoms with Crippen molar-refractivity contribution in [1.29, 1.82) is 0 Å². The Morgan fingerprint density at radius 3 is 2.56 bits per heavy atom. The molecule has 0 amide bonds. The number of piperazine rings is 1. The molecule has 2 nitrogen and oxygen atoms in total. The third-order valence-electron chi connectivity index (χ3n) is 3.28. The number of halogens is 3. The molecule has 5 heteroatoms. The maximum atomic E-state index is 12.5. The van der Waals surface area contributed by atoms with Crippen molar-refractivity contribution in [1.82, 2.24) is 10.2 Å². The molecule has 100 valence electrons. The minimum atomic E-state index is -4.13. The van der Waals surface area contributed by atoms with Gasteiger partial charge in [-0.2, -0.15) is 13.2 Å². The quantitative estimate of drug-likeness (QED) is 0.877. The van der Waals surface area contributed by atoms with E-state index in [-0.39, 0.29) is 12.1 Å². The molecule has 0 radical (unpaired) electrons. The Balaban J connectivity index is 2.05. The molecule has 0 bridgehead atoms. The van der Waals surface area contributed by atoms with Gasteiger partial charge in [0.25, 0.3) is 0 Å². The van der Waals surface area contributed by atoms with Crippen LogP contribution in [-0.4, -0.2) is 36.8 Å². The number of rotatable bonds is 2. The Hall–Kier alpha value is -1.07. The lowest BCUT2D eigenvalue weighted by molar-refractivity contribution is -0.153. The fraction of sp³-hybridized carbons (Fsp3) is 0.538. The van der Waals surface area contributed by atoms with Crippen LogP contribution in [0.4, 0.5) is 13.2 Å². The smallest absolute Gasteiger partial charge is 0.307 e. The van der Waals surface area contributed by atoms with E-state index in [4.69, 9.17) is 0 Å². The molecule has 1 aliphatic rings. The molecule has 0 spiro atoms. The normalized spacial score (nSPS) is 26.2. The molecule has 0 aliphatic carbocycles. The van der Waals surface area contributed by atoms with Crippen LogP contribution in [0.2, 0.25) is 0 Å². The summed E-state index contributed by atoms with van der Waals surface area (Å²) in [7, 11) is 0.